The van der Waals surface area contributed by atoms with Crippen LogP contribution in [0.4, 0.5) is 9.18 Å². The second-order valence-electron chi connectivity index (χ2n) is 4.77. The Labute approximate surface area is 123 Å². The minimum Gasteiger partial charge on any atom is -0.396 e. The van der Waals surface area contributed by atoms with Crippen LogP contribution in [0.15, 0.2) is 18.2 Å². The van der Waals surface area contributed by atoms with Crippen molar-refractivity contribution in [2.24, 2.45) is 0 Å². The highest BCUT2D eigenvalue weighted by molar-refractivity contribution is 6.31. The van der Waals surface area contributed by atoms with Crippen LogP contribution in [0.5, 0.6) is 0 Å². The van der Waals surface area contributed by atoms with Crippen molar-refractivity contribution >= 4 is 17.6 Å². The monoisotopic (exact) mass is 302 g/mol. The minimum absolute atomic E-state index is 0.0296. The highest BCUT2D eigenvalue weighted by Crippen LogP contribution is 2.23. The molecule has 1 aromatic rings. The number of urea groups is 1. The SMILES string of the molecule is CC(CCCO)NC(=O)NC(C)c1ccc(F)cc1Cl. The van der Waals surface area contributed by atoms with Gasteiger partial charge in [-0.05, 0) is 44.4 Å². The van der Waals surface area contributed by atoms with Crippen LogP contribution < -0.4 is 10.6 Å². The maximum atomic E-state index is 13.0. The van der Waals surface area contributed by atoms with Crippen molar-refractivity contribution in [2.45, 2.75) is 38.8 Å². The van der Waals surface area contributed by atoms with Gasteiger partial charge in [0.1, 0.15) is 5.82 Å². The van der Waals surface area contributed by atoms with E-state index >= 15 is 0 Å². The van der Waals surface area contributed by atoms with Gasteiger partial charge in [0.25, 0.3) is 0 Å². The summed E-state index contributed by atoms with van der Waals surface area (Å²) in [5, 5.41) is 14.5. The summed E-state index contributed by atoms with van der Waals surface area (Å²) in [6.07, 6.45) is 1.34. The molecule has 0 bridgehead atoms. The van der Waals surface area contributed by atoms with Gasteiger partial charge >= 0.3 is 6.03 Å². The Morgan fingerprint density at radius 2 is 2.10 bits per heavy atom. The number of carbonyl (C=O) groups is 1. The Kier molecular flexibility index (Phi) is 6.75. The summed E-state index contributed by atoms with van der Waals surface area (Å²) in [6, 6.07) is 3.41. The highest BCUT2D eigenvalue weighted by Gasteiger charge is 2.14. The average Bonchev–Trinajstić information content (AvgIpc) is 2.35. The summed E-state index contributed by atoms with van der Waals surface area (Å²) in [6.45, 7) is 3.75. The van der Waals surface area contributed by atoms with Crippen LogP contribution in [0.2, 0.25) is 5.02 Å². The van der Waals surface area contributed by atoms with Crippen molar-refractivity contribution < 1.29 is 14.3 Å². The van der Waals surface area contributed by atoms with Crippen LogP contribution >= 0.6 is 11.6 Å². The largest absolute Gasteiger partial charge is 0.396 e. The fourth-order valence-corrected chi connectivity index (χ4v) is 2.19. The summed E-state index contributed by atoms with van der Waals surface area (Å²) in [5.74, 6) is -0.409. The molecular formula is C14H20ClFN2O2. The van der Waals surface area contributed by atoms with E-state index < -0.39 is 5.82 Å². The molecule has 2 unspecified atom stereocenters. The molecule has 0 saturated carbocycles. The summed E-state index contributed by atoms with van der Waals surface area (Å²) >= 11 is 5.94. The topological polar surface area (TPSA) is 61.4 Å². The molecule has 0 aliphatic carbocycles. The maximum Gasteiger partial charge on any atom is 0.315 e. The molecule has 0 aliphatic heterocycles. The van der Waals surface area contributed by atoms with E-state index in [1.807, 2.05) is 6.92 Å². The molecule has 0 aliphatic rings. The fraction of sp³-hybridized carbons (Fsp3) is 0.500. The van der Waals surface area contributed by atoms with Crippen molar-refractivity contribution in [3.63, 3.8) is 0 Å². The summed E-state index contributed by atoms with van der Waals surface area (Å²) in [7, 11) is 0. The number of aliphatic hydroxyl groups is 1. The van der Waals surface area contributed by atoms with Crippen LogP contribution in [0.1, 0.15) is 38.3 Å². The lowest BCUT2D eigenvalue weighted by atomic mass is 10.1. The van der Waals surface area contributed by atoms with Gasteiger partial charge in [-0.2, -0.15) is 0 Å². The lowest BCUT2D eigenvalue weighted by Crippen LogP contribution is -2.41. The van der Waals surface area contributed by atoms with E-state index in [1.165, 1.54) is 12.1 Å². The summed E-state index contributed by atoms with van der Waals surface area (Å²) in [5.41, 5.74) is 0.659. The molecule has 0 saturated heterocycles. The number of amides is 2. The van der Waals surface area contributed by atoms with Crippen molar-refractivity contribution in [1.29, 1.82) is 0 Å². The standard InChI is InChI=1S/C14H20ClFN2O2/c1-9(4-3-7-19)17-14(20)18-10(2)12-6-5-11(16)8-13(12)15/h5-6,8-10,19H,3-4,7H2,1-2H3,(H2,17,18,20). The molecule has 0 radical (unpaired) electrons. The molecule has 6 heteroatoms. The van der Waals surface area contributed by atoms with Crippen molar-refractivity contribution in [2.75, 3.05) is 6.61 Å². The van der Waals surface area contributed by atoms with Crippen LogP contribution in [0, 0.1) is 5.82 Å². The Morgan fingerprint density at radius 1 is 1.40 bits per heavy atom. The first-order valence-electron chi connectivity index (χ1n) is 6.57. The lowest BCUT2D eigenvalue weighted by molar-refractivity contribution is 0.231. The van der Waals surface area contributed by atoms with Gasteiger partial charge < -0.3 is 15.7 Å². The zero-order valence-electron chi connectivity index (χ0n) is 11.6. The second-order valence-corrected chi connectivity index (χ2v) is 5.18. The Morgan fingerprint density at radius 3 is 2.70 bits per heavy atom. The number of halogens is 2. The van der Waals surface area contributed by atoms with Crippen LogP contribution in [-0.2, 0) is 0 Å². The van der Waals surface area contributed by atoms with Crippen molar-refractivity contribution in [3.05, 3.63) is 34.6 Å². The van der Waals surface area contributed by atoms with Gasteiger partial charge in [0, 0.05) is 17.7 Å². The zero-order valence-corrected chi connectivity index (χ0v) is 12.4. The van der Waals surface area contributed by atoms with Crippen molar-refractivity contribution in [1.82, 2.24) is 10.6 Å². The van der Waals surface area contributed by atoms with Crippen molar-refractivity contribution in [3.8, 4) is 0 Å². The smallest absolute Gasteiger partial charge is 0.315 e. The molecule has 20 heavy (non-hydrogen) atoms. The quantitative estimate of drug-likeness (QED) is 0.756. The van der Waals surface area contributed by atoms with E-state index in [4.69, 9.17) is 16.7 Å². The van der Waals surface area contributed by atoms with Gasteiger partial charge in [-0.15, -0.1) is 0 Å². The Balaban J connectivity index is 2.52. The normalized spacial score (nSPS) is 13.7. The maximum absolute atomic E-state index is 13.0. The molecule has 0 fully saturated rings. The highest BCUT2D eigenvalue weighted by atomic mass is 35.5. The van der Waals surface area contributed by atoms with Gasteiger partial charge in [-0.25, -0.2) is 9.18 Å². The molecule has 112 valence electrons. The molecular weight excluding hydrogens is 283 g/mol. The number of aliphatic hydroxyl groups excluding tert-OH is 1. The van der Waals surface area contributed by atoms with Gasteiger partial charge in [0.2, 0.25) is 0 Å². The number of nitrogens with one attached hydrogen (secondary N) is 2. The minimum atomic E-state index is -0.409. The molecule has 2 amide bonds. The van der Waals surface area contributed by atoms with E-state index in [0.29, 0.717) is 18.4 Å². The van der Waals surface area contributed by atoms with E-state index in [-0.39, 0.29) is 29.7 Å². The lowest BCUT2D eigenvalue weighted by Gasteiger charge is -2.19. The Hall–Kier alpha value is -1.33. The molecule has 0 heterocycles. The third-order valence-corrected chi connectivity index (χ3v) is 3.28. The van der Waals surface area contributed by atoms with Crippen LogP contribution in [0.25, 0.3) is 0 Å². The fourth-order valence-electron chi connectivity index (χ4n) is 1.86. The predicted molar refractivity (Wildman–Crippen MR) is 77.3 cm³/mol. The van der Waals surface area contributed by atoms with Crippen LogP contribution in [-0.4, -0.2) is 23.8 Å². The zero-order chi connectivity index (χ0) is 15.1. The van der Waals surface area contributed by atoms with E-state index in [1.54, 1.807) is 13.0 Å². The average molecular weight is 303 g/mol. The van der Waals surface area contributed by atoms with Gasteiger partial charge in [-0.1, -0.05) is 17.7 Å². The third-order valence-electron chi connectivity index (χ3n) is 2.95. The first kappa shape index (κ1) is 16.7. The number of hydrogen-bond acceptors (Lipinski definition) is 2. The first-order chi connectivity index (χ1) is 9.43. The van der Waals surface area contributed by atoms with Gasteiger partial charge in [-0.3, -0.25) is 0 Å². The summed E-state index contributed by atoms with van der Waals surface area (Å²) in [4.78, 5) is 11.8. The molecule has 1 aromatic carbocycles. The van der Waals surface area contributed by atoms with Gasteiger partial charge in [0.05, 0.1) is 6.04 Å². The van der Waals surface area contributed by atoms with Crippen LogP contribution in [0.3, 0.4) is 0 Å². The predicted octanol–water partition coefficient (Wildman–Crippen LogP) is 3.00. The second kappa shape index (κ2) is 8.07. The number of benzene rings is 1. The molecule has 4 nitrogen and oxygen atoms in total. The van der Waals surface area contributed by atoms with E-state index in [0.717, 1.165) is 0 Å². The number of hydrogen-bond donors (Lipinski definition) is 3. The number of rotatable bonds is 6. The summed E-state index contributed by atoms with van der Waals surface area (Å²) < 4.78 is 13.0. The van der Waals surface area contributed by atoms with E-state index in [2.05, 4.69) is 10.6 Å². The molecule has 2 atom stereocenters. The van der Waals surface area contributed by atoms with Gasteiger partial charge in [0.15, 0.2) is 0 Å². The Bertz CT molecular complexity index is 457. The van der Waals surface area contributed by atoms with E-state index in [9.17, 15) is 9.18 Å². The molecule has 0 spiro atoms. The molecule has 1 rings (SSSR count). The number of carbonyl (C=O) groups excluding carboxylic acids is 1. The first-order valence-corrected chi connectivity index (χ1v) is 6.94. The molecule has 3 N–H and O–H groups in total. The third kappa shape index (κ3) is 5.35. The molecule has 0 aromatic heterocycles.